The summed E-state index contributed by atoms with van der Waals surface area (Å²) >= 11 is 0. The number of halogens is 2. The number of fused-ring (bicyclic) bond motifs is 2. The Morgan fingerprint density at radius 2 is 1.87 bits per heavy atom. The second kappa shape index (κ2) is 3.76. The van der Waals surface area contributed by atoms with Crippen LogP contribution in [0.4, 0.5) is 4.39 Å². The summed E-state index contributed by atoms with van der Waals surface area (Å²) in [6.45, 7) is 2.23. The van der Waals surface area contributed by atoms with Crippen LogP contribution >= 0.6 is 12.4 Å². The van der Waals surface area contributed by atoms with Crippen LogP contribution in [-0.4, -0.2) is 13.1 Å². The zero-order valence-electron chi connectivity index (χ0n) is 8.50. The van der Waals surface area contributed by atoms with E-state index >= 15 is 0 Å². The molecule has 2 saturated heterocycles. The molecule has 1 aromatic carbocycles. The number of hydrogen-bond acceptors (Lipinski definition) is 1. The molecule has 82 valence electrons. The minimum Gasteiger partial charge on any atom is -0.316 e. The van der Waals surface area contributed by atoms with Gasteiger partial charge in [0.15, 0.2) is 0 Å². The molecule has 1 aromatic rings. The largest absolute Gasteiger partial charge is 0.316 e. The van der Waals surface area contributed by atoms with Gasteiger partial charge in [0.05, 0.1) is 0 Å². The molecule has 0 aromatic heterocycles. The van der Waals surface area contributed by atoms with Crippen molar-refractivity contribution in [3.63, 3.8) is 0 Å². The van der Waals surface area contributed by atoms with Gasteiger partial charge in [0.2, 0.25) is 0 Å². The van der Waals surface area contributed by atoms with Crippen LogP contribution in [-0.2, 0) is 5.41 Å². The molecule has 2 aliphatic heterocycles. The maximum atomic E-state index is 12.8. The van der Waals surface area contributed by atoms with Gasteiger partial charge in [-0.2, -0.15) is 0 Å². The van der Waals surface area contributed by atoms with Crippen molar-refractivity contribution in [2.75, 3.05) is 13.1 Å². The van der Waals surface area contributed by atoms with Crippen LogP contribution < -0.4 is 5.32 Å². The normalized spacial score (nSPS) is 32.7. The van der Waals surface area contributed by atoms with Crippen molar-refractivity contribution in [3.05, 3.63) is 35.6 Å². The third-order valence-electron chi connectivity index (χ3n) is 3.71. The Morgan fingerprint density at radius 1 is 1.20 bits per heavy atom. The lowest BCUT2D eigenvalue weighted by Gasteiger charge is -2.53. The summed E-state index contributed by atoms with van der Waals surface area (Å²) in [5, 5.41) is 3.44. The first-order valence-corrected chi connectivity index (χ1v) is 5.25. The van der Waals surface area contributed by atoms with Crippen molar-refractivity contribution >= 4 is 12.4 Å². The fourth-order valence-corrected chi connectivity index (χ4v) is 2.99. The van der Waals surface area contributed by atoms with Crippen LogP contribution in [0, 0.1) is 11.7 Å². The average Bonchev–Trinajstić information content (AvgIpc) is 2.18. The van der Waals surface area contributed by atoms with Gasteiger partial charge in [-0.05, 0) is 43.0 Å². The molecule has 1 aliphatic carbocycles. The average molecular weight is 228 g/mol. The van der Waals surface area contributed by atoms with E-state index in [4.69, 9.17) is 0 Å². The number of nitrogens with one attached hydrogen (secondary N) is 1. The molecule has 3 heteroatoms. The molecule has 1 nitrogen and oxygen atoms in total. The number of rotatable bonds is 1. The van der Waals surface area contributed by atoms with Crippen LogP contribution in [0.1, 0.15) is 18.4 Å². The molecule has 0 unspecified atom stereocenters. The molecular formula is C12H15ClFN. The predicted molar refractivity (Wildman–Crippen MR) is 60.9 cm³/mol. The van der Waals surface area contributed by atoms with Crippen molar-refractivity contribution in [2.24, 2.45) is 5.92 Å². The Labute approximate surface area is 95.5 Å². The van der Waals surface area contributed by atoms with Gasteiger partial charge in [-0.25, -0.2) is 4.39 Å². The van der Waals surface area contributed by atoms with Gasteiger partial charge in [-0.1, -0.05) is 12.1 Å². The molecule has 0 radical (unpaired) electrons. The summed E-state index contributed by atoms with van der Waals surface area (Å²) in [6, 6.07) is 7.04. The highest BCUT2D eigenvalue weighted by atomic mass is 35.5. The van der Waals surface area contributed by atoms with E-state index < -0.39 is 0 Å². The van der Waals surface area contributed by atoms with Crippen molar-refractivity contribution in [3.8, 4) is 0 Å². The number of piperidine rings is 2. The predicted octanol–water partition coefficient (Wildman–Crippen LogP) is 2.50. The highest BCUT2D eigenvalue weighted by Gasteiger charge is 2.47. The summed E-state index contributed by atoms with van der Waals surface area (Å²) < 4.78 is 12.8. The molecule has 1 N–H and O–H groups in total. The maximum absolute atomic E-state index is 12.8. The molecule has 2 bridgehead atoms. The molecule has 1 saturated carbocycles. The number of benzene rings is 1. The first-order valence-electron chi connectivity index (χ1n) is 5.25. The molecular weight excluding hydrogens is 213 g/mol. The van der Waals surface area contributed by atoms with E-state index in [0.29, 0.717) is 5.41 Å². The van der Waals surface area contributed by atoms with E-state index in [2.05, 4.69) is 5.32 Å². The molecule has 3 aliphatic rings. The SMILES string of the molecule is Cl.Fc1ccc(C23CNCC(C2)C3)cc1. The molecule has 15 heavy (non-hydrogen) atoms. The topological polar surface area (TPSA) is 12.0 Å². The highest BCUT2D eigenvalue weighted by Crippen LogP contribution is 2.49. The van der Waals surface area contributed by atoms with Gasteiger partial charge in [0.25, 0.3) is 0 Å². The summed E-state index contributed by atoms with van der Waals surface area (Å²) in [5.74, 6) is 0.721. The lowest BCUT2D eigenvalue weighted by molar-refractivity contribution is 0.0900. The van der Waals surface area contributed by atoms with Crippen LogP contribution in [0.2, 0.25) is 0 Å². The molecule has 4 rings (SSSR count). The van der Waals surface area contributed by atoms with Crippen LogP contribution in [0.15, 0.2) is 24.3 Å². The molecule has 0 amide bonds. The minimum atomic E-state index is -0.134. The first-order chi connectivity index (χ1) is 6.78. The van der Waals surface area contributed by atoms with E-state index in [9.17, 15) is 4.39 Å². The third kappa shape index (κ3) is 1.66. The summed E-state index contributed by atoms with van der Waals surface area (Å²) in [7, 11) is 0. The zero-order valence-corrected chi connectivity index (χ0v) is 9.32. The van der Waals surface area contributed by atoms with Gasteiger partial charge < -0.3 is 5.32 Å². The molecule has 2 heterocycles. The van der Waals surface area contributed by atoms with E-state index in [1.807, 2.05) is 12.1 Å². The Morgan fingerprint density at radius 3 is 2.40 bits per heavy atom. The second-order valence-electron chi connectivity index (χ2n) is 4.69. The fraction of sp³-hybridized carbons (Fsp3) is 0.500. The second-order valence-corrected chi connectivity index (χ2v) is 4.69. The zero-order chi connectivity index (χ0) is 9.60. The van der Waals surface area contributed by atoms with Gasteiger partial charge in [-0.15, -0.1) is 12.4 Å². The minimum absolute atomic E-state index is 0. The maximum Gasteiger partial charge on any atom is 0.123 e. The highest BCUT2D eigenvalue weighted by molar-refractivity contribution is 5.85. The van der Waals surface area contributed by atoms with Crippen molar-refractivity contribution in [1.29, 1.82) is 0 Å². The summed E-state index contributed by atoms with van der Waals surface area (Å²) in [6.07, 6.45) is 2.57. The van der Waals surface area contributed by atoms with Gasteiger partial charge in [0, 0.05) is 12.0 Å². The Kier molecular flexibility index (Phi) is 2.73. The van der Waals surface area contributed by atoms with Gasteiger partial charge >= 0.3 is 0 Å². The number of hydrogen-bond donors (Lipinski definition) is 1. The van der Waals surface area contributed by atoms with Gasteiger partial charge in [0.1, 0.15) is 5.82 Å². The van der Waals surface area contributed by atoms with Crippen molar-refractivity contribution in [2.45, 2.75) is 18.3 Å². The van der Waals surface area contributed by atoms with Crippen molar-refractivity contribution in [1.82, 2.24) is 5.32 Å². The Hall–Kier alpha value is -0.600. The van der Waals surface area contributed by atoms with E-state index in [1.54, 1.807) is 12.1 Å². The molecule has 0 spiro atoms. The standard InChI is InChI=1S/C12H14FN.ClH/c13-11-3-1-10(2-4-11)12-5-9(6-12)7-14-8-12;/h1-4,9,14H,5-8H2;1H. The Balaban J connectivity index is 0.000000853. The monoisotopic (exact) mass is 227 g/mol. The fourth-order valence-electron chi connectivity index (χ4n) is 2.99. The smallest absolute Gasteiger partial charge is 0.123 e. The van der Waals surface area contributed by atoms with Gasteiger partial charge in [-0.3, -0.25) is 0 Å². The van der Waals surface area contributed by atoms with E-state index in [0.717, 1.165) is 12.5 Å². The summed E-state index contributed by atoms with van der Waals surface area (Å²) in [5.41, 5.74) is 1.64. The van der Waals surface area contributed by atoms with Crippen LogP contribution in [0.5, 0.6) is 0 Å². The first kappa shape index (κ1) is 10.9. The Bertz CT molecular complexity index is 338. The van der Waals surface area contributed by atoms with Crippen molar-refractivity contribution < 1.29 is 4.39 Å². The molecule has 3 fully saturated rings. The lowest BCUT2D eigenvalue weighted by atomic mass is 9.56. The molecule has 0 atom stereocenters. The van der Waals surface area contributed by atoms with E-state index in [1.165, 1.54) is 24.9 Å². The van der Waals surface area contributed by atoms with Crippen LogP contribution in [0.25, 0.3) is 0 Å². The van der Waals surface area contributed by atoms with Crippen LogP contribution in [0.3, 0.4) is 0 Å². The summed E-state index contributed by atoms with van der Waals surface area (Å²) in [4.78, 5) is 0. The quantitative estimate of drug-likeness (QED) is 0.778. The lowest BCUT2D eigenvalue weighted by Crippen LogP contribution is -2.57. The van der Waals surface area contributed by atoms with E-state index in [-0.39, 0.29) is 18.2 Å². The third-order valence-corrected chi connectivity index (χ3v) is 3.71.